The first-order valence-corrected chi connectivity index (χ1v) is 7.28. The molecule has 0 atom stereocenters. The largest absolute Gasteiger partial charge is 0.490 e. The molecule has 2 aromatic carbocycles. The van der Waals surface area contributed by atoms with E-state index in [0.717, 1.165) is 29.0 Å². The van der Waals surface area contributed by atoms with Crippen molar-refractivity contribution in [3.05, 3.63) is 58.6 Å². The van der Waals surface area contributed by atoms with Crippen LogP contribution >= 0.6 is 11.6 Å². The predicted octanol–water partition coefficient (Wildman–Crippen LogP) is 3.93. The Kier molecular flexibility index (Phi) is 4.11. The van der Waals surface area contributed by atoms with Gasteiger partial charge in [0.05, 0.1) is 0 Å². The number of halogens is 1. The van der Waals surface area contributed by atoms with E-state index in [1.807, 2.05) is 30.3 Å². The highest BCUT2D eigenvalue weighted by molar-refractivity contribution is 6.30. The lowest BCUT2D eigenvalue weighted by atomic mass is 10.1. The number of hydrogen-bond donors (Lipinski definition) is 0. The molecule has 0 N–H and O–H groups in total. The van der Waals surface area contributed by atoms with Crippen LogP contribution in [-0.4, -0.2) is 19.0 Å². The standard InChI is InChI=1S/C17H15ClO3/c18-12-4-6-13(7-5-12)20-10-11-21-17-3-1-2-14-15(17)8-9-16(14)19/h1-7H,8-11H2. The Labute approximate surface area is 128 Å². The molecule has 0 amide bonds. The van der Waals surface area contributed by atoms with Crippen molar-refractivity contribution >= 4 is 17.4 Å². The number of carbonyl (C=O) groups excluding carboxylic acids is 1. The van der Waals surface area contributed by atoms with Crippen LogP contribution in [0.2, 0.25) is 5.02 Å². The van der Waals surface area contributed by atoms with Gasteiger partial charge in [-0.15, -0.1) is 0 Å². The van der Waals surface area contributed by atoms with Gasteiger partial charge in [0, 0.05) is 22.6 Å². The van der Waals surface area contributed by atoms with E-state index >= 15 is 0 Å². The second-order valence-corrected chi connectivity index (χ2v) is 5.29. The van der Waals surface area contributed by atoms with Crippen LogP contribution in [0.1, 0.15) is 22.3 Å². The summed E-state index contributed by atoms with van der Waals surface area (Å²) in [6.07, 6.45) is 1.35. The Morgan fingerprint density at radius 3 is 2.52 bits per heavy atom. The monoisotopic (exact) mass is 302 g/mol. The third-order valence-corrected chi connectivity index (χ3v) is 3.71. The quantitative estimate of drug-likeness (QED) is 0.785. The summed E-state index contributed by atoms with van der Waals surface area (Å²) in [5.41, 5.74) is 1.82. The second kappa shape index (κ2) is 6.19. The highest BCUT2D eigenvalue weighted by Crippen LogP contribution is 2.30. The van der Waals surface area contributed by atoms with Crippen LogP contribution in [0, 0.1) is 0 Å². The first kappa shape index (κ1) is 14.0. The molecule has 0 spiro atoms. The number of Topliss-reactive ketones (excluding diaryl/α,β-unsaturated/α-hetero) is 1. The molecule has 3 nitrogen and oxygen atoms in total. The van der Waals surface area contributed by atoms with Crippen molar-refractivity contribution < 1.29 is 14.3 Å². The topological polar surface area (TPSA) is 35.5 Å². The minimum absolute atomic E-state index is 0.202. The van der Waals surface area contributed by atoms with Gasteiger partial charge in [0.2, 0.25) is 0 Å². The van der Waals surface area contributed by atoms with Gasteiger partial charge >= 0.3 is 0 Å². The summed E-state index contributed by atoms with van der Waals surface area (Å²) in [4.78, 5) is 11.7. The number of ketones is 1. The lowest BCUT2D eigenvalue weighted by Gasteiger charge is -2.11. The number of benzene rings is 2. The number of ether oxygens (including phenoxy) is 2. The molecule has 4 heteroatoms. The average Bonchev–Trinajstić information content (AvgIpc) is 2.88. The maximum atomic E-state index is 11.7. The van der Waals surface area contributed by atoms with E-state index in [1.54, 1.807) is 12.1 Å². The molecule has 21 heavy (non-hydrogen) atoms. The van der Waals surface area contributed by atoms with Crippen molar-refractivity contribution in [2.75, 3.05) is 13.2 Å². The number of hydrogen-bond acceptors (Lipinski definition) is 3. The number of fused-ring (bicyclic) bond motifs is 1. The van der Waals surface area contributed by atoms with E-state index in [-0.39, 0.29) is 5.78 Å². The lowest BCUT2D eigenvalue weighted by Crippen LogP contribution is -2.10. The van der Waals surface area contributed by atoms with E-state index in [0.29, 0.717) is 24.7 Å². The molecular formula is C17H15ClO3. The highest BCUT2D eigenvalue weighted by atomic mass is 35.5. The molecule has 0 saturated heterocycles. The third-order valence-electron chi connectivity index (χ3n) is 3.46. The minimum atomic E-state index is 0.202. The molecule has 0 radical (unpaired) electrons. The molecule has 0 bridgehead atoms. The molecule has 3 rings (SSSR count). The fraction of sp³-hybridized carbons (Fsp3) is 0.235. The van der Waals surface area contributed by atoms with Gasteiger partial charge in [-0.2, -0.15) is 0 Å². The highest BCUT2D eigenvalue weighted by Gasteiger charge is 2.22. The first-order chi connectivity index (χ1) is 10.2. The Morgan fingerprint density at radius 1 is 0.952 bits per heavy atom. The van der Waals surface area contributed by atoms with Gasteiger partial charge in [0.25, 0.3) is 0 Å². The summed E-state index contributed by atoms with van der Waals surface area (Å²) in [5.74, 6) is 1.75. The van der Waals surface area contributed by atoms with Gasteiger partial charge in [-0.3, -0.25) is 4.79 Å². The molecule has 1 aliphatic rings. The Balaban J connectivity index is 1.54. The summed E-state index contributed by atoms with van der Waals surface area (Å²) in [7, 11) is 0. The molecule has 0 aromatic heterocycles. The van der Waals surface area contributed by atoms with Crippen LogP contribution < -0.4 is 9.47 Å². The zero-order valence-electron chi connectivity index (χ0n) is 11.5. The first-order valence-electron chi connectivity index (χ1n) is 6.90. The van der Waals surface area contributed by atoms with Crippen molar-refractivity contribution in [2.45, 2.75) is 12.8 Å². The fourth-order valence-electron chi connectivity index (χ4n) is 2.44. The van der Waals surface area contributed by atoms with Gasteiger partial charge in [-0.1, -0.05) is 23.7 Å². The zero-order chi connectivity index (χ0) is 14.7. The van der Waals surface area contributed by atoms with Crippen molar-refractivity contribution in [1.82, 2.24) is 0 Å². The summed E-state index contributed by atoms with van der Waals surface area (Å²) in [6, 6.07) is 12.8. The second-order valence-electron chi connectivity index (χ2n) is 4.86. The van der Waals surface area contributed by atoms with Gasteiger partial charge in [-0.05, 0) is 36.8 Å². The summed E-state index contributed by atoms with van der Waals surface area (Å²) in [6.45, 7) is 0.881. The smallest absolute Gasteiger partial charge is 0.163 e. The number of rotatable bonds is 5. The molecular weight excluding hydrogens is 288 g/mol. The van der Waals surface area contributed by atoms with E-state index in [9.17, 15) is 4.79 Å². The minimum Gasteiger partial charge on any atom is -0.490 e. The van der Waals surface area contributed by atoms with E-state index in [2.05, 4.69) is 0 Å². The van der Waals surface area contributed by atoms with Gasteiger partial charge in [-0.25, -0.2) is 0 Å². The van der Waals surface area contributed by atoms with Crippen molar-refractivity contribution in [3.63, 3.8) is 0 Å². The zero-order valence-corrected chi connectivity index (χ0v) is 12.2. The fourth-order valence-corrected chi connectivity index (χ4v) is 2.56. The van der Waals surface area contributed by atoms with E-state index in [1.165, 1.54) is 0 Å². The normalized spacial score (nSPS) is 13.1. The third kappa shape index (κ3) is 3.19. The SMILES string of the molecule is O=C1CCc2c(OCCOc3ccc(Cl)cc3)cccc21. The summed E-state index contributed by atoms with van der Waals surface area (Å²) < 4.78 is 11.3. The predicted molar refractivity (Wildman–Crippen MR) is 81.5 cm³/mol. The molecule has 0 heterocycles. The number of carbonyl (C=O) groups is 1. The molecule has 1 aliphatic carbocycles. The van der Waals surface area contributed by atoms with Gasteiger partial charge < -0.3 is 9.47 Å². The maximum Gasteiger partial charge on any atom is 0.163 e. The van der Waals surface area contributed by atoms with E-state index in [4.69, 9.17) is 21.1 Å². The lowest BCUT2D eigenvalue weighted by molar-refractivity contribution is 0.0994. The van der Waals surface area contributed by atoms with E-state index < -0.39 is 0 Å². The van der Waals surface area contributed by atoms with Crippen LogP contribution in [0.25, 0.3) is 0 Å². The Hall–Kier alpha value is -2.00. The molecule has 0 saturated carbocycles. The van der Waals surface area contributed by atoms with Crippen molar-refractivity contribution in [2.24, 2.45) is 0 Å². The molecule has 0 fully saturated rings. The summed E-state index contributed by atoms with van der Waals surface area (Å²) >= 11 is 5.81. The van der Waals surface area contributed by atoms with Gasteiger partial charge in [0.1, 0.15) is 24.7 Å². The van der Waals surface area contributed by atoms with Crippen LogP contribution in [0.5, 0.6) is 11.5 Å². The van der Waals surface area contributed by atoms with Crippen LogP contribution in [0.4, 0.5) is 0 Å². The molecule has 2 aromatic rings. The van der Waals surface area contributed by atoms with Crippen LogP contribution in [0.3, 0.4) is 0 Å². The average molecular weight is 303 g/mol. The van der Waals surface area contributed by atoms with Gasteiger partial charge in [0.15, 0.2) is 5.78 Å². The molecule has 0 unspecified atom stereocenters. The molecule has 108 valence electrons. The van der Waals surface area contributed by atoms with Crippen LogP contribution in [-0.2, 0) is 6.42 Å². The molecule has 0 aliphatic heterocycles. The summed E-state index contributed by atoms with van der Waals surface area (Å²) in [5, 5.41) is 0.683. The van der Waals surface area contributed by atoms with Crippen LogP contribution in [0.15, 0.2) is 42.5 Å². The van der Waals surface area contributed by atoms with Crippen molar-refractivity contribution in [3.8, 4) is 11.5 Å². The maximum absolute atomic E-state index is 11.7. The Bertz CT molecular complexity index is 650. The Morgan fingerprint density at radius 2 is 1.71 bits per heavy atom. The van der Waals surface area contributed by atoms with Crippen molar-refractivity contribution in [1.29, 1.82) is 0 Å².